The summed E-state index contributed by atoms with van der Waals surface area (Å²) in [6.45, 7) is 6.33. The zero-order chi connectivity index (χ0) is 15.1. The highest BCUT2D eigenvalue weighted by atomic mass is 19.1. The molecular weight excluding hydrogens is 257 g/mol. The fraction of sp³-hybridized carbons (Fsp3) is 0.600. The molecule has 1 rings (SSSR count). The number of pyridine rings is 1. The summed E-state index contributed by atoms with van der Waals surface area (Å²) in [5.41, 5.74) is 0.239. The number of hydrogen-bond acceptors (Lipinski definition) is 3. The number of aromatic nitrogens is 1. The minimum Gasteiger partial charge on any atom is -0.372 e. The van der Waals surface area contributed by atoms with Crippen molar-refractivity contribution in [1.82, 2.24) is 10.3 Å². The maximum absolute atomic E-state index is 13.2. The van der Waals surface area contributed by atoms with E-state index in [1.807, 2.05) is 6.92 Å². The molecule has 0 bridgehead atoms. The lowest BCUT2D eigenvalue weighted by molar-refractivity contribution is 0.0938. The summed E-state index contributed by atoms with van der Waals surface area (Å²) in [4.78, 5) is 16.0. The normalized spacial score (nSPS) is 12.3. The standard InChI is InChI=1S/C15H24FN3O/c1-10(2)6-5-7-11(3)19-15(20)13-8-12(16)9-18-14(13)17-4/h8-11H,5-7H2,1-4H3,(H,17,18)(H,19,20). The van der Waals surface area contributed by atoms with E-state index in [-0.39, 0.29) is 17.5 Å². The molecule has 1 amide bonds. The first-order valence-electron chi connectivity index (χ1n) is 7.08. The largest absolute Gasteiger partial charge is 0.372 e. The van der Waals surface area contributed by atoms with Crippen LogP contribution in [0.2, 0.25) is 0 Å². The molecule has 0 aliphatic rings. The van der Waals surface area contributed by atoms with E-state index >= 15 is 0 Å². The van der Waals surface area contributed by atoms with Crippen LogP contribution >= 0.6 is 0 Å². The maximum atomic E-state index is 13.2. The van der Waals surface area contributed by atoms with E-state index in [1.54, 1.807) is 7.05 Å². The second kappa shape index (κ2) is 7.82. The number of anilines is 1. The molecule has 0 saturated heterocycles. The fourth-order valence-electron chi connectivity index (χ4n) is 2.02. The third-order valence-corrected chi connectivity index (χ3v) is 3.13. The summed E-state index contributed by atoms with van der Waals surface area (Å²) in [5.74, 6) is 0.250. The van der Waals surface area contributed by atoms with E-state index in [1.165, 1.54) is 6.07 Å². The zero-order valence-electron chi connectivity index (χ0n) is 12.7. The monoisotopic (exact) mass is 281 g/mol. The van der Waals surface area contributed by atoms with E-state index in [0.29, 0.717) is 11.7 Å². The predicted molar refractivity (Wildman–Crippen MR) is 79.4 cm³/mol. The Balaban J connectivity index is 2.59. The zero-order valence-corrected chi connectivity index (χ0v) is 12.7. The molecule has 0 fully saturated rings. The Hall–Kier alpha value is -1.65. The van der Waals surface area contributed by atoms with Gasteiger partial charge in [0.25, 0.3) is 5.91 Å². The molecule has 0 aliphatic heterocycles. The van der Waals surface area contributed by atoms with Crippen LogP contribution in [0.1, 0.15) is 50.4 Å². The van der Waals surface area contributed by atoms with Crippen LogP contribution < -0.4 is 10.6 Å². The predicted octanol–water partition coefficient (Wildman–Crippen LogP) is 3.21. The molecule has 5 heteroatoms. The van der Waals surface area contributed by atoms with Crippen LogP contribution in [0.5, 0.6) is 0 Å². The van der Waals surface area contributed by atoms with Crippen molar-refractivity contribution < 1.29 is 9.18 Å². The van der Waals surface area contributed by atoms with Crippen LogP contribution in [-0.2, 0) is 0 Å². The van der Waals surface area contributed by atoms with Crippen molar-refractivity contribution in [2.75, 3.05) is 12.4 Å². The lowest BCUT2D eigenvalue weighted by atomic mass is 10.0. The highest BCUT2D eigenvalue weighted by molar-refractivity contribution is 5.98. The lowest BCUT2D eigenvalue weighted by Gasteiger charge is -2.15. The summed E-state index contributed by atoms with van der Waals surface area (Å²) in [7, 11) is 1.66. The maximum Gasteiger partial charge on any atom is 0.255 e. The van der Waals surface area contributed by atoms with Gasteiger partial charge in [-0.1, -0.05) is 26.7 Å². The molecule has 0 saturated carbocycles. The average Bonchev–Trinajstić information content (AvgIpc) is 2.38. The van der Waals surface area contributed by atoms with Crippen molar-refractivity contribution in [2.45, 2.75) is 46.1 Å². The van der Waals surface area contributed by atoms with Gasteiger partial charge in [0.15, 0.2) is 0 Å². The number of nitrogens with one attached hydrogen (secondary N) is 2. The Labute approximate surface area is 120 Å². The van der Waals surface area contributed by atoms with Gasteiger partial charge < -0.3 is 10.6 Å². The molecule has 1 heterocycles. The van der Waals surface area contributed by atoms with Gasteiger partial charge in [0, 0.05) is 13.1 Å². The van der Waals surface area contributed by atoms with E-state index in [2.05, 4.69) is 29.5 Å². The van der Waals surface area contributed by atoms with Crippen LogP contribution in [0.15, 0.2) is 12.3 Å². The van der Waals surface area contributed by atoms with Crippen molar-refractivity contribution >= 4 is 11.7 Å². The molecule has 1 atom stereocenters. The van der Waals surface area contributed by atoms with Gasteiger partial charge in [-0.15, -0.1) is 0 Å². The topological polar surface area (TPSA) is 54.0 Å². The molecule has 4 nitrogen and oxygen atoms in total. The summed E-state index contributed by atoms with van der Waals surface area (Å²) >= 11 is 0. The molecule has 0 spiro atoms. The molecule has 0 aromatic carbocycles. The molecule has 0 radical (unpaired) electrons. The fourth-order valence-corrected chi connectivity index (χ4v) is 2.02. The molecule has 0 aliphatic carbocycles. The Morgan fingerprint density at radius 2 is 2.05 bits per heavy atom. The molecule has 2 N–H and O–H groups in total. The summed E-state index contributed by atoms with van der Waals surface area (Å²) in [5, 5.41) is 5.68. The van der Waals surface area contributed by atoms with Gasteiger partial charge in [-0.2, -0.15) is 0 Å². The van der Waals surface area contributed by atoms with Gasteiger partial charge >= 0.3 is 0 Å². The summed E-state index contributed by atoms with van der Waals surface area (Å²) < 4.78 is 13.2. The second-order valence-electron chi connectivity index (χ2n) is 5.50. The number of nitrogens with zero attached hydrogens (tertiary/aromatic N) is 1. The lowest BCUT2D eigenvalue weighted by Crippen LogP contribution is -2.33. The molecule has 112 valence electrons. The average molecular weight is 281 g/mol. The number of hydrogen-bond donors (Lipinski definition) is 2. The highest BCUT2D eigenvalue weighted by Gasteiger charge is 2.15. The molecule has 1 aromatic heterocycles. The first kappa shape index (κ1) is 16.4. The van der Waals surface area contributed by atoms with Crippen LogP contribution in [0, 0.1) is 11.7 Å². The van der Waals surface area contributed by atoms with Crippen molar-refractivity contribution in [3.05, 3.63) is 23.6 Å². The van der Waals surface area contributed by atoms with Crippen molar-refractivity contribution in [3.63, 3.8) is 0 Å². The Morgan fingerprint density at radius 1 is 1.35 bits per heavy atom. The van der Waals surface area contributed by atoms with Gasteiger partial charge in [0.05, 0.1) is 11.8 Å². The third-order valence-electron chi connectivity index (χ3n) is 3.13. The third kappa shape index (κ3) is 5.15. The number of carbonyl (C=O) groups is 1. The summed E-state index contributed by atoms with van der Waals surface area (Å²) in [6.07, 6.45) is 4.22. The van der Waals surface area contributed by atoms with Gasteiger partial charge in [0.1, 0.15) is 11.6 Å². The molecule has 1 aromatic rings. The number of amides is 1. The first-order valence-corrected chi connectivity index (χ1v) is 7.08. The van der Waals surface area contributed by atoms with Crippen LogP contribution in [0.4, 0.5) is 10.2 Å². The Kier molecular flexibility index (Phi) is 6.42. The number of rotatable bonds is 7. The van der Waals surface area contributed by atoms with E-state index < -0.39 is 5.82 Å². The van der Waals surface area contributed by atoms with Crippen molar-refractivity contribution in [2.24, 2.45) is 5.92 Å². The van der Waals surface area contributed by atoms with Crippen LogP contribution in [-0.4, -0.2) is 24.0 Å². The molecule has 1 unspecified atom stereocenters. The van der Waals surface area contributed by atoms with Gasteiger partial charge in [-0.25, -0.2) is 9.37 Å². The number of halogens is 1. The Morgan fingerprint density at radius 3 is 2.65 bits per heavy atom. The smallest absolute Gasteiger partial charge is 0.255 e. The first-order chi connectivity index (χ1) is 9.43. The van der Waals surface area contributed by atoms with Crippen molar-refractivity contribution in [1.29, 1.82) is 0 Å². The molecular formula is C15H24FN3O. The van der Waals surface area contributed by atoms with Gasteiger partial charge in [-0.3, -0.25) is 4.79 Å². The van der Waals surface area contributed by atoms with Crippen molar-refractivity contribution in [3.8, 4) is 0 Å². The second-order valence-corrected chi connectivity index (χ2v) is 5.50. The summed E-state index contributed by atoms with van der Waals surface area (Å²) in [6, 6.07) is 1.27. The molecule has 20 heavy (non-hydrogen) atoms. The highest BCUT2D eigenvalue weighted by Crippen LogP contribution is 2.14. The van der Waals surface area contributed by atoms with Crippen LogP contribution in [0.25, 0.3) is 0 Å². The van der Waals surface area contributed by atoms with E-state index in [9.17, 15) is 9.18 Å². The van der Waals surface area contributed by atoms with Gasteiger partial charge in [-0.05, 0) is 25.3 Å². The van der Waals surface area contributed by atoms with E-state index in [4.69, 9.17) is 0 Å². The minimum atomic E-state index is -0.512. The minimum absolute atomic E-state index is 0.0641. The van der Waals surface area contributed by atoms with Crippen LogP contribution in [0.3, 0.4) is 0 Å². The quantitative estimate of drug-likeness (QED) is 0.807. The number of carbonyl (C=O) groups excluding carboxylic acids is 1. The van der Waals surface area contributed by atoms with Gasteiger partial charge in [0.2, 0.25) is 0 Å². The SMILES string of the molecule is CNc1ncc(F)cc1C(=O)NC(C)CCCC(C)C. The Bertz CT molecular complexity index is 449. The van der Waals surface area contributed by atoms with E-state index in [0.717, 1.165) is 25.5 Å².